The predicted molar refractivity (Wildman–Crippen MR) is 131 cm³/mol. The summed E-state index contributed by atoms with van der Waals surface area (Å²) in [6.07, 6.45) is 2.15. The van der Waals surface area contributed by atoms with E-state index in [1.807, 2.05) is 23.6 Å². The Morgan fingerprint density at radius 1 is 1.25 bits per heavy atom. The van der Waals surface area contributed by atoms with Crippen molar-refractivity contribution in [2.45, 2.75) is 77.1 Å². The fraction of sp³-hybridized carbons (Fsp3) is 0.500. The van der Waals surface area contributed by atoms with Crippen molar-refractivity contribution < 1.29 is 28.7 Å². The second-order valence-corrected chi connectivity index (χ2v) is 9.80. The molecule has 1 aromatic carbocycles. The van der Waals surface area contributed by atoms with E-state index in [9.17, 15) is 24.0 Å². The summed E-state index contributed by atoms with van der Waals surface area (Å²) in [6.45, 7) is 6.48. The van der Waals surface area contributed by atoms with Crippen LogP contribution in [0.3, 0.4) is 0 Å². The lowest BCUT2D eigenvalue weighted by Gasteiger charge is -2.28. The first-order chi connectivity index (χ1) is 16.9. The van der Waals surface area contributed by atoms with Gasteiger partial charge in [-0.2, -0.15) is 5.10 Å². The van der Waals surface area contributed by atoms with Crippen LogP contribution in [-0.2, 0) is 36.8 Å². The molecule has 3 atom stereocenters. The molecule has 0 saturated carbocycles. The van der Waals surface area contributed by atoms with E-state index in [1.165, 1.54) is 18.0 Å². The highest BCUT2D eigenvalue weighted by Crippen LogP contribution is 2.39. The summed E-state index contributed by atoms with van der Waals surface area (Å²) < 4.78 is 5.34. The summed E-state index contributed by atoms with van der Waals surface area (Å²) in [5.74, 6) is -1.82. The molecule has 0 aromatic heterocycles. The number of urea groups is 1. The first kappa shape index (κ1) is 26.6. The van der Waals surface area contributed by atoms with Crippen molar-refractivity contribution >= 4 is 41.6 Å². The molecule has 0 saturated heterocycles. The van der Waals surface area contributed by atoms with Crippen molar-refractivity contribution in [1.29, 1.82) is 0 Å². The number of nitrogens with one attached hydrogen (secondary N) is 3. The Morgan fingerprint density at radius 3 is 2.58 bits per heavy atom. The quantitative estimate of drug-likeness (QED) is 0.238. The Kier molecular flexibility index (Phi) is 7.96. The summed E-state index contributed by atoms with van der Waals surface area (Å²) in [5, 5.41) is 9.09. The van der Waals surface area contributed by atoms with Crippen molar-refractivity contribution in [3.8, 4) is 0 Å². The van der Waals surface area contributed by atoms with Crippen LogP contribution in [0.4, 0.5) is 10.5 Å². The predicted octanol–water partition coefficient (Wildman–Crippen LogP) is 0.266. The van der Waals surface area contributed by atoms with E-state index >= 15 is 0 Å². The van der Waals surface area contributed by atoms with Crippen LogP contribution < -0.4 is 26.7 Å². The number of ether oxygens (including phenoxy) is 1. The van der Waals surface area contributed by atoms with Crippen LogP contribution >= 0.6 is 0 Å². The van der Waals surface area contributed by atoms with Gasteiger partial charge in [0, 0.05) is 19.6 Å². The third-order valence-electron chi connectivity index (χ3n) is 5.65. The summed E-state index contributed by atoms with van der Waals surface area (Å²) >= 11 is 0. The summed E-state index contributed by atoms with van der Waals surface area (Å²) in [6, 6.07) is 2.12. The molecule has 194 valence electrons. The van der Waals surface area contributed by atoms with Gasteiger partial charge in [-0.15, -0.1) is 0 Å². The van der Waals surface area contributed by atoms with Gasteiger partial charge in [0.15, 0.2) is 0 Å². The highest BCUT2D eigenvalue weighted by atomic mass is 16.6. The summed E-state index contributed by atoms with van der Waals surface area (Å²) in [7, 11) is 0. The van der Waals surface area contributed by atoms with E-state index in [0.29, 0.717) is 18.5 Å². The number of anilines is 1. The second kappa shape index (κ2) is 10.8. The van der Waals surface area contributed by atoms with Gasteiger partial charge in [0.1, 0.15) is 17.7 Å². The van der Waals surface area contributed by atoms with Gasteiger partial charge < -0.3 is 21.1 Å². The molecular weight excluding hydrogens is 468 g/mol. The number of carbonyl (C=O) groups is 5. The minimum atomic E-state index is -0.949. The largest absolute Gasteiger partial charge is 0.460 e. The number of nitrogens with two attached hydrogens (primary N) is 1. The van der Waals surface area contributed by atoms with Crippen LogP contribution in [0, 0.1) is 0 Å². The number of hydrogen-bond acceptors (Lipinski definition) is 7. The average molecular weight is 501 g/mol. The molecule has 5 N–H and O–H groups in total. The van der Waals surface area contributed by atoms with Gasteiger partial charge in [-0.1, -0.05) is 18.2 Å². The molecule has 0 aliphatic carbocycles. The lowest BCUT2D eigenvalue weighted by Crippen LogP contribution is -2.55. The Balaban J connectivity index is 1.85. The van der Waals surface area contributed by atoms with Crippen molar-refractivity contribution in [1.82, 2.24) is 16.1 Å². The van der Waals surface area contributed by atoms with Crippen LogP contribution in [0.25, 0.3) is 0 Å². The second-order valence-electron chi connectivity index (χ2n) is 9.80. The maximum Gasteiger partial charge on any atom is 0.332 e. The number of amides is 5. The zero-order valence-electron chi connectivity index (χ0n) is 20.8. The molecule has 12 heteroatoms. The van der Waals surface area contributed by atoms with Gasteiger partial charge in [-0.3, -0.25) is 24.1 Å². The van der Waals surface area contributed by atoms with Crippen LogP contribution in [0.1, 0.15) is 51.7 Å². The van der Waals surface area contributed by atoms with Gasteiger partial charge >= 0.3 is 12.0 Å². The number of para-hydroxylation sites is 1. The monoisotopic (exact) mass is 500 g/mol. The van der Waals surface area contributed by atoms with E-state index < -0.39 is 41.6 Å². The highest BCUT2D eigenvalue weighted by molar-refractivity contribution is 6.08. The number of aryl methyl sites for hydroxylation is 1. The maximum absolute atomic E-state index is 13.5. The molecular formula is C24H32N6O6. The number of carbonyl (C=O) groups excluding carboxylic acids is 5. The fourth-order valence-electron chi connectivity index (χ4n) is 4.39. The lowest BCUT2D eigenvalue weighted by molar-refractivity contribution is -0.155. The smallest absolute Gasteiger partial charge is 0.332 e. The molecule has 3 rings (SSSR count). The zero-order valence-corrected chi connectivity index (χ0v) is 20.8. The number of hydrazone groups is 1. The van der Waals surface area contributed by atoms with Crippen LogP contribution in [-0.4, -0.2) is 59.7 Å². The van der Waals surface area contributed by atoms with Crippen LogP contribution in [0.15, 0.2) is 23.3 Å². The molecule has 36 heavy (non-hydrogen) atoms. The molecule has 0 bridgehead atoms. The molecule has 0 spiro atoms. The van der Waals surface area contributed by atoms with Gasteiger partial charge in [-0.25, -0.2) is 10.2 Å². The topological polar surface area (TPSA) is 172 Å². The van der Waals surface area contributed by atoms with E-state index in [-0.39, 0.29) is 24.7 Å². The van der Waals surface area contributed by atoms with Crippen molar-refractivity contribution in [3.05, 3.63) is 29.3 Å². The normalized spacial score (nSPS) is 19.8. The molecule has 2 heterocycles. The van der Waals surface area contributed by atoms with Gasteiger partial charge in [0.2, 0.25) is 17.7 Å². The first-order valence-corrected chi connectivity index (χ1v) is 11.7. The maximum atomic E-state index is 13.5. The number of benzene rings is 1. The number of esters is 1. The third kappa shape index (κ3) is 6.58. The Labute approximate surface area is 209 Å². The van der Waals surface area contributed by atoms with Crippen molar-refractivity contribution in [2.24, 2.45) is 10.8 Å². The number of nitrogens with zero attached hydrogens (tertiary/aromatic N) is 2. The lowest BCUT2D eigenvalue weighted by atomic mass is 10.0. The molecule has 1 aromatic rings. The number of rotatable bonds is 7. The summed E-state index contributed by atoms with van der Waals surface area (Å²) in [5.41, 5.74) is 8.77. The van der Waals surface area contributed by atoms with Gasteiger partial charge in [-0.05, 0) is 44.7 Å². The minimum Gasteiger partial charge on any atom is -0.460 e. The standard InChI is InChI=1S/C24H32N6O6/c1-13(31)27-17-9-8-14-6-5-7-15-10-18(30(20(14)15)22(17)34)21(33)28-16(12-26-29-23(25)35)11-19(32)36-24(2,3)4/h5-7,12,16-18H,8-11H2,1-4H3,(H,27,31)(H,28,33)(H3,25,29,35)/b26-12+/t16-,17-,18-/m0/s1. The number of hydrogen-bond donors (Lipinski definition) is 4. The first-order valence-electron chi connectivity index (χ1n) is 11.7. The van der Waals surface area contributed by atoms with Crippen molar-refractivity contribution in [2.75, 3.05) is 4.90 Å². The van der Waals surface area contributed by atoms with Gasteiger partial charge in [0.25, 0.3) is 0 Å². The molecule has 2 aliphatic rings. The van der Waals surface area contributed by atoms with Crippen molar-refractivity contribution in [3.63, 3.8) is 0 Å². The van der Waals surface area contributed by atoms with Crippen LogP contribution in [0.5, 0.6) is 0 Å². The summed E-state index contributed by atoms with van der Waals surface area (Å²) in [4.78, 5) is 63.5. The average Bonchev–Trinajstić information content (AvgIpc) is 3.08. The van der Waals surface area contributed by atoms with E-state index in [1.54, 1.807) is 20.8 Å². The highest BCUT2D eigenvalue weighted by Gasteiger charge is 2.44. The zero-order chi connectivity index (χ0) is 26.6. The SMILES string of the molecule is CC(=O)N[C@H]1CCc2cccc3c2N(C1=O)[C@H](C(=O)N[C@H](/C=N/NC(N)=O)CC(=O)OC(C)(C)C)C3. The Hall–Kier alpha value is -3.96. The number of primary amides is 1. The Morgan fingerprint density at radius 2 is 1.94 bits per heavy atom. The molecule has 0 radical (unpaired) electrons. The van der Waals surface area contributed by atoms with E-state index in [0.717, 1.165) is 11.1 Å². The van der Waals surface area contributed by atoms with Gasteiger partial charge in [0.05, 0.1) is 18.2 Å². The van der Waals surface area contributed by atoms with E-state index in [4.69, 9.17) is 10.5 Å². The molecule has 5 amide bonds. The third-order valence-corrected chi connectivity index (χ3v) is 5.65. The molecule has 0 fully saturated rings. The van der Waals surface area contributed by atoms with Crippen LogP contribution in [0.2, 0.25) is 0 Å². The molecule has 12 nitrogen and oxygen atoms in total. The fourth-order valence-corrected chi connectivity index (χ4v) is 4.39. The molecule has 0 unspecified atom stereocenters. The Bertz CT molecular complexity index is 1100. The minimum absolute atomic E-state index is 0.264. The molecule has 2 aliphatic heterocycles. The van der Waals surface area contributed by atoms with E-state index in [2.05, 4.69) is 15.7 Å².